The molecule has 0 spiro atoms. The highest BCUT2D eigenvalue weighted by atomic mass is 16.7. The molecule has 0 radical (unpaired) electrons. The molecule has 2 aromatic carbocycles. The molecule has 2 aromatic rings. The normalized spacial score (nSPS) is 17.9. The quantitative estimate of drug-likeness (QED) is 0.501. The lowest BCUT2D eigenvalue weighted by Crippen LogP contribution is -2.33. The monoisotopic (exact) mass is 323 g/mol. The third kappa shape index (κ3) is 3.16. The molecule has 0 aromatic heterocycles. The lowest BCUT2D eigenvalue weighted by atomic mass is 10.00. The average molecular weight is 323 g/mol. The first-order valence-corrected chi connectivity index (χ1v) is 7.48. The smallest absolute Gasteiger partial charge is 0.232 e. The van der Waals surface area contributed by atoms with Crippen molar-refractivity contribution in [3.05, 3.63) is 78.5 Å². The van der Waals surface area contributed by atoms with Crippen LogP contribution in [0.3, 0.4) is 0 Å². The van der Waals surface area contributed by atoms with Crippen LogP contribution in [-0.2, 0) is 4.74 Å². The summed E-state index contributed by atoms with van der Waals surface area (Å²) in [4.78, 5) is 12.7. The van der Waals surface area contributed by atoms with E-state index in [0.29, 0.717) is 22.6 Å². The second-order valence-corrected chi connectivity index (χ2v) is 5.16. The third-order valence-electron chi connectivity index (χ3n) is 3.53. The molecule has 0 fully saturated rings. The molecule has 0 saturated heterocycles. The van der Waals surface area contributed by atoms with Crippen molar-refractivity contribution in [1.82, 2.24) is 0 Å². The SMILES string of the molecule is C=CCOC1Oc2ccccc2C(=O)/C1=C/Nc1ccccc1O. The van der Waals surface area contributed by atoms with Crippen LogP contribution >= 0.6 is 0 Å². The molecule has 0 bridgehead atoms. The predicted molar refractivity (Wildman–Crippen MR) is 91.2 cm³/mol. The number of aromatic hydroxyl groups is 1. The lowest BCUT2D eigenvalue weighted by molar-refractivity contribution is -0.0444. The minimum Gasteiger partial charge on any atom is -0.506 e. The van der Waals surface area contributed by atoms with Gasteiger partial charge in [0.1, 0.15) is 11.5 Å². The van der Waals surface area contributed by atoms with E-state index in [9.17, 15) is 9.90 Å². The molecular formula is C19H17NO4. The summed E-state index contributed by atoms with van der Waals surface area (Å²) in [6.45, 7) is 3.85. The number of phenols is 1. The van der Waals surface area contributed by atoms with Gasteiger partial charge < -0.3 is 19.9 Å². The first-order chi connectivity index (χ1) is 11.7. The van der Waals surface area contributed by atoms with Crippen molar-refractivity contribution in [3.8, 4) is 11.5 Å². The highest BCUT2D eigenvalue weighted by molar-refractivity contribution is 6.12. The molecule has 24 heavy (non-hydrogen) atoms. The summed E-state index contributed by atoms with van der Waals surface area (Å²) >= 11 is 0. The van der Waals surface area contributed by atoms with Crippen LogP contribution in [0.15, 0.2) is 73.0 Å². The Morgan fingerprint density at radius 2 is 1.96 bits per heavy atom. The third-order valence-corrected chi connectivity index (χ3v) is 3.53. The van der Waals surface area contributed by atoms with E-state index in [1.807, 2.05) is 0 Å². The van der Waals surface area contributed by atoms with Gasteiger partial charge >= 0.3 is 0 Å². The number of benzene rings is 2. The van der Waals surface area contributed by atoms with Gasteiger partial charge in [-0.2, -0.15) is 0 Å². The van der Waals surface area contributed by atoms with Gasteiger partial charge in [-0.05, 0) is 24.3 Å². The van der Waals surface area contributed by atoms with E-state index >= 15 is 0 Å². The summed E-state index contributed by atoms with van der Waals surface area (Å²) < 4.78 is 11.3. The standard InChI is InChI=1S/C19H17NO4/c1-2-11-23-19-14(12-20-15-8-4-5-9-16(15)21)18(22)13-7-3-6-10-17(13)24-19/h2-10,12,19-21H,1,11H2/b14-12-. The van der Waals surface area contributed by atoms with Crippen LogP contribution in [0.25, 0.3) is 0 Å². The van der Waals surface area contributed by atoms with Gasteiger partial charge in [-0.1, -0.05) is 30.3 Å². The molecule has 1 unspecified atom stereocenters. The van der Waals surface area contributed by atoms with E-state index in [0.717, 1.165) is 0 Å². The van der Waals surface area contributed by atoms with Crippen LogP contribution in [0.2, 0.25) is 0 Å². The Hall–Kier alpha value is -3.05. The minimum absolute atomic E-state index is 0.0856. The van der Waals surface area contributed by atoms with Crippen LogP contribution in [0.4, 0.5) is 5.69 Å². The summed E-state index contributed by atoms with van der Waals surface area (Å²) in [6.07, 6.45) is 2.24. The van der Waals surface area contributed by atoms with E-state index in [1.54, 1.807) is 54.6 Å². The summed E-state index contributed by atoms with van der Waals surface area (Å²) in [5.74, 6) is 0.382. The number of hydrogen-bond acceptors (Lipinski definition) is 5. The molecule has 1 atom stereocenters. The minimum atomic E-state index is -0.844. The van der Waals surface area contributed by atoms with E-state index in [2.05, 4.69) is 11.9 Å². The Kier molecular flexibility index (Phi) is 4.63. The van der Waals surface area contributed by atoms with Crippen molar-refractivity contribution in [2.45, 2.75) is 6.29 Å². The molecule has 0 aliphatic carbocycles. The fourth-order valence-electron chi connectivity index (χ4n) is 2.36. The number of anilines is 1. The zero-order valence-electron chi connectivity index (χ0n) is 12.9. The topological polar surface area (TPSA) is 67.8 Å². The summed E-state index contributed by atoms with van der Waals surface area (Å²) in [7, 11) is 0. The van der Waals surface area contributed by atoms with E-state index < -0.39 is 6.29 Å². The van der Waals surface area contributed by atoms with Gasteiger partial charge in [0.25, 0.3) is 0 Å². The number of rotatable bonds is 5. The number of nitrogens with one attached hydrogen (secondary N) is 1. The number of para-hydroxylation sites is 3. The molecule has 1 aliphatic heterocycles. The van der Waals surface area contributed by atoms with Gasteiger partial charge in [0.05, 0.1) is 23.4 Å². The first-order valence-electron chi connectivity index (χ1n) is 7.48. The number of ketones is 1. The lowest BCUT2D eigenvalue weighted by Gasteiger charge is -2.27. The van der Waals surface area contributed by atoms with E-state index in [4.69, 9.17) is 9.47 Å². The highest BCUT2D eigenvalue weighted by Gasteiger charge is 2.32. The van der Waals surface area contributed by atoms with Crippen molar-refractivity contribution >= 4 is 11.5 Å². The summed E-state index contributed by atoms with van der Waals surface area (Å²) in [5, 5.41) is 12.8. The Balaban J connectivity index is 1.92. The first kappa shape index (κ1) is 15.8. The van der Waals surface area contributed by atoms with Crippen LogP contribution in [0, 0.1) is 0 Å². The molecule has 5 nitrogen and oxygen atoms in total. The van der Waals surface area contributed by atoms with E-state index in [-0.39, 0.29) is 18.1 Å². The summed E-state index contributed by atoms with van der Waals surface area (Å²) in [6, 6.07) is 13.8. The Bertz CT molecular complexity index is 797. The second-order valence-electron chi connectivity index (χ2n) is 5.16. The zero-order chi connectivity index (χ0) is 16.9. The maximum atomic E-state index is 12.7. The molecule has 2 N–H and O–H groups in total. The maximum absolute atomic E-state index is 12.7. The zero-order valence-corrected chi connectivity index (χ0v) is 12.9. The molecule has 1 heterocycles. The van der Waals surface area contributed by atoms with Gasteiger partial charge in [-0.25, -0.2) is 0 Å². The molecule has 122 valence electrons. The van der Waals surface area contributed by atoms with Crippen LogP contribution in [-0.4, -0.2) is 23.8 Å². The van der Waals surface area contributed by atoms with Gasteiger partial charge in [0, 0.05) is 6.20 Å². The van der Waals surface area contributed by atoms with Crippen molar-refractivity contribution < 1.29 is 19.4 Å². The molecule has 0 saturated carbocycles. The molecule has 5 heteroatoms. The van der Waals surface area contributed by atoms with Gasteiger partial charge in [-0.3, -0.25) is 4.79 Å². The summed E-state index contributed by atoms with van der Waals surface area (Å²) in [5.41, 5.74) is 1.28. The number of ether oxygens (including phenoxy) is 2. The van der Waals surface area contributed by atoms with Crippen molar-refractivity contribution in [2.24, 2.45) is 0 Å². The molecule has 1 aliphatic rings. The van der Waals surface area contributed by atoms with Crippen LogP contribution in [0.5, 0.6) is 11.5 Å². The van der Waals surface area contributed by atoms with Gasteiger partial charge in [-0.15, -0.1) is 6.58 Å². The van der Waals surface area contributed by atoms with Gasteiger partial charge in [0.2, 0.25) is 6.29 Å². The number of phenolic OH excluding ortho intramolecular Hbond substituents is 1. The van der Waals surface area contributed by atoms with Gasteiger partial charge in [0.15, 0.2) is 5.78 Å². The Morgan fingerprint density at radius 3 is 2.75 bits per heavy atom. The molecular weight excluding hydrogens is 306 g/mol. The van der Waals surface area contributed by atoms with Crippen molar-refractivity contribution in [1.29, 1.82) is 0 Å². The number of carbonyl (C=O) groups is 1. The number of hydrogen-bond donors (Lipinski definition) is 2. The molecule has 3 rings (SSSR count). The number of Topliss-reactive ketones (excluding diaryl/α,β-unsaturated/α-hetero) is 1. The van der Waals surface area contributed by atoms with Crippen molar-refractivity contribution in [2.75, 3.05) is 11.9 Å². The highest BCUT2D eigenvalue weighted by Crippen LogP contribution is 2.31. The fraction of sp³-hybridized carbons (Fsp3) is 0.105. The second kappa shape index (κ2) is 7.02. The molecule has 0 amide bonds. The predicted octanol–water partition coefficient (Wildman–Crippen LogP) is 3.49. The number of carbonyl (C=O) groups excluding carboxylic acids is 1. The maximum Gasteiger partial charge on any atom is 0.232 e. The van der Waals surface area contributed by atoms with Crippen LogP contribution < -0.4 is 10.1 Å². The Labute approximate surface area is 139 Å². The van der Waals surface area contributed by atoms with Crippen molar-refractivity contribution in [3.63, 3.8) is 0 Å². The van der Waals surface area contributed by atoms with E-state index in [1.165, 1.54) is 6.20 Å². The van der Waals surface area contributed by atoms with Crippen LogP contribution in [0.1, 0.15) is 10.4 Å². The number of fused-ring (bicyclic) bond motifs is 1. The average Bonchev–Trinajstić information content (AvgIpc) is 2.60. The largest absolute Gasteiger partial charge is 0.506 e. The fourth-order valence-corrected chi connectivity index (χ4v) is 2.36. The Morgan fingerprint density at radius 1 is 1.21 bits per heavy atom.